The van der Waals surface area contributed by atoms with Crippen molar-refractivity contribution in [2.45, 2.75) is 59.7 Å². The lowest BCUT2D eigenvalue weighted by atomic mass is 10.0. The Bertz CT molecular complexity index is 731. The van der Waals surface area contributed by atoms with E-state index in [0.717, 1.165) is 5.56 Å². The van der Waals surface area contributed by atoms with Gasteiger partial charge in [0.2, 0.25) is 0 Å². The van der Waals surface area contributed by atoms with Gasteiger partial charge in [0.25, 0.3) is 0 Å². The number of aromatic nitrogens is 2. The van der Waals surface area contributed by atoms with Gasteiger partial charge in [0.05, 0.1) is 6.20 Å². The summed E-state index contributed by atoms with van der Waals surface area (Å²) in [5, 5.41) is 13.0. The molecular weight excluding hydrogens is 316 g/mol. The van der Waals surface area contributed by atoms with E-state index in [9.17, 15) is 4.79 Å². The Kier molecular flexibility index (Phi) is 5.85. The van der Waals surface area contributed by atoms with Gasteiger partial charge in [-0.05, 0) is 52.7 Å². The fraction of sp³-hybridized carbons (Fsp3) is 0.474. The molecule has 0 saturated heterocycles. The van der Waals surface area contributed by atoms with Crippen LogP contribution in [0.15, 0.2) is 24.4 Å². The molecule has 1 unspecified atom stereocenters. The molecule has 2 aromatic rings. The molecule has 0 saturated carbocycles. The largest absolute Gasteiger partial charge is 0.444 e. The second-order valence-corrected chi connectivity index (χ2v) is 7.36. The van der Waals surface area contributed by atoms with Gasteiger partial charge in [0.15, 0.2) is 0 Å². The van der Waals surface area contributed by atoms with Crippen LogP contribution in [0.4, 0.5) is 10.6 Å². The van der Waals surface area contributed by atoms with Crippen LogP contribution in [-0.4, -0.2) is 21.9 Å². The Morgan fingerprint density at radius 3 is 2.68 bits per heavy atom. The highest BCUT2D eigenvalue weighted by Gasteiger charge is 2.18. The van der Waals surface area contributed by atoms with E-state index in [0.29, 0.717) is 12.4 Å². The minimum Gasteiger partial charge on any atom is -0.444 e. The Balaban J connectivity index is 1.98. The lowest BCUT2D eigenvalue weighted by Gasteiger charge is -2.20. The van der Waals surface area contributed by atoms with Crippen molar-refractivity contribution in [2.75, 3.05) is 5.32 Å². The number of carbonyl (C=O) groups is 1. The zero-order valence-corrected chi connectivity index (χ0v) is 15.9. The van der Waals surface area contributed by atoms with Crippen molar-refractivity contribution in [2.24, 2.45) is 0 Å². The first kappa shape index (κ1) is 19.0. The minimum absolute atomic E-state index is 0.185. The fourth-order valence-corrected chi connectivity index (χ4v) is 2.64. The van der Waals surface area contributed by atoms with Crippen molar-refractivity contribution in [3.63, 3.8) is 0 Å². The molecule has 0 aliphatic rings. The molecule has 6 heteroatoms. The molecule has 1 aromatic heterocycles. The van der Waals surface area contributed by atoms with Gasteiger partial charge in [-0.15, -0.1) is 0 Å². The fourth-order valence-electron chi connectivity index (χ4n) is 2.64. The van der Waals surface area contributed by atoms with Gasteiger partial charge in [-0.25, -0.2) is 4.79 Å². The normalized spacial score (nSPS) is 12.7. The van der Waals surface area contributed by atoms with Crippen molar-refractivity contribution in [3.8, 4) is 0 Å². The summed E-state index contributed by atoms with van der Waals surface area (Å²) in [5.41, 5.74) is 4.12. The van der Waals surface area contributed by atoms with Gasteiger partial charge in [-0.1, -0.05) is 23.8 Å². The molecule has 6 nitrogen and oxygen atoms in total. The average Bonchev–Trinajstić information content (AvgIpc) is 2.89. The first-order chi connectivity index (χ1) is 11.7. The van der Waals surface area contributed by atoms with Gasteiger partial charge in [-0.2, -0.15) is 5.10 Å². The van der Waals surface area contributed by atoms with Crippen LogP contribution in [0.25, 0.3) is 0 Å². The van der Waals surface area contributed by atoms with Gasteiger partial charge in [0.1, 0.15) is 11.4 Å². The summed E-state index contributed by atoms with van der Waals surface area (Å²) < 4.78 is 5.27. The number of ether oxygens (including phenoxy) is 1. The maximum absolute atomic E-state index is 11.9. The average molecular weight is 344 g/mol. The van der Waals surface area contributed by atoms with Crippen LogP contribution in [0.1, 0.15) is 56.0 Å². The standard InChI is InChI=1S/C19H28N4O2/c1-12-7-8-16(13(2)9-12)14(3)20-10-15-11-21-23-17(15)22-18(24)25-19(4,5)6/h7-9,11,14,20H,10H2,1-6H3,(H2,21,22,23,24). The topological polar surface area (TPSA) is 79.0 Å². The van der Waals surface area contributed by atoms with E-state index in [1.807, 2.05) is 20.8 Å². The SMILES string of the molecule is Cc1ccc(C(C)NCc2cn[nH]c2NC(=O)OC(C)(C)C)c(C)c1. The first-order valence-corrected chi connectivity index (χ1v) is 8.48. The Labute approximate surface area is 149 Å². The van der Waals surface area contributed by atoms with E-state index in [-0.39, 0.29) is 6.04 Å². The van der Waals surface area contributed by atoms with Crippen LogP contribution in [0, 0.1) is 13.8 Å². The molecule has 25 heavy (non-hydrogen) atoms. The summed E-state index contributed by atoms with van der Waals surface area (Å²) in [7, 11) is 0. The van der Waals surface area contributed by atoms with E-state index < -0.39 is 11.7 Å². The summed E-state index contributed by atoms with van der Waals surface area (Å²) in [5.74, 6) is 0.551. The summed E-state index contributed by atoms with van der Waals surface area (Å²) >= 11 is 0. The number of aromatic amines is 1. The molecule has 0 aliphatic carbocycles. The number of amides is 1. The molecule has 0 radical (unpaired) electrons. The molecule has 0 spiro atoms. The smallest absolute Gasteiger partial charge is 0.413 e. The second kappa shape index (κ2) is 7.70. The molecule has 0 fully saturated rings. The van der Waals surface area contributed by atoms with Crippen molar-refractivity contribution in [1.82, 2.24) is 15.5 Å². The number of anilines is 1. The molecule has 3 N–H and O–H groups in total. The maximum atomic E-state index is 11.9. The van der Waals surface area contributed by atoms with E-state index >= 15 is 0 Å². The predicted octanol–water partition coefficient (Wildman–Crippen LogP) is 4.22. The lowest BCUT2D eigenvalue weighted by molar-refractivity contribution is 0.0635. The van der Waals surface area contributed by atoms with E-state index in [1.54, 1.807) is 6.20 Å². The zero-order valence-electron chi connectivity index (χ0n) is 15.9. The number of hydrogen-bond donors (Lipinski definition) is 3. The third kappa shape index (κ3) is 5.60. The third-order valence-electron chi connectivity index (χ3n) is 3.83. The predicted molar refractivity (Wildman–Crippen MR) is 99.6 cm³/mol. The monoisotopic (exact) mass is 344 g/mol. The number of aryl methyl sites for hydroxylation is 2. The van der Waals surface area contributed by atoms with E-state index in [1.165, 1.54) is 16.7 Å². The number of benzene rings is 1. The number of hydrogen-bond acceptors (Lipinski definition) is 4. The lowest BCUT2D eigenvalue weighted by Crippen LogP contribution is -2.28. The van der Waals surface area contributed by atoms with Gasteiger partial charge in [0, 0.05) is 18.2 Å². The highest BCUT2D eigenvalue weighted by molar-refractivity contribution is 5.84. The molecule has 1 amide bonds. The molecule has 136 valence electrons. The Morgan fingerprint density at radius 1 is 1.32 bits per heavy atom. The molecule has 1 atom stereocenters. The van der Waals surface area contributed by atoms with Crippen molar-refractivity contribution >= 4 is 11.9 Å². The number of carbonyl (C=O) groups excluding carboxylic acids is 1. The van der Waals surface area contributed by atoms with E-state index in [4.69, 9.17) is 4.74 Å². The van der Waals surface area contributed by atoms with E-state index in [2.05, 4.69) is 59.8 Å². The Hall–Kier alpha value is -2.34. The first-order valence-electron chi connectivity index (χ1n) is 8.48. The van der Waals surface area contributed by atoms with Crippen LogP contribution in [0.3, 0.4) is 0 Å². The van der Waals surface area contributed by atoms with Crippen LogP contribution in [-0.2, 0) is 11.3 Å². The zero-order chi connectivity index (χ0) is 18.6. The number of H-pyrrole nitrogens is 1. The molecular formula is C19H28N4O2. The summed E-state index contributed by atoms with van der Waals surface area (Å²) in [4.78, 5) is 11.9. The summed E-state index contributed by atoms with van der Waals surface area (Å²) in [6.45, 7) is 12.4. The quantitative estimate of drug-likeness (QED) is 0.758. The van der Waals surface area contributed by atoms with Crippen molar-refractivity contribution in [1.29, 1.82) is 0 Å². The molecule has 2 rings (SSSR count). The van der Waals surface area contributed by atoms with Crippen LogP contribution >= 0.6 is 0 Å². The van der Waals surface area contributed by atoms with Gasteiger partial charge < -0.3 is 10.1 Å². The molecule has 1 heterocycles. The highest BCUT2D eigenvalue weighted by atomic mass is 16.6. The summed E-state index contributed by atoms with van der Waals surface area (Å²) in [6, 6.07) is 6.64. The molecule has 0 bridgehead atoms. The van der Waals surface area contributed by atoms with Gasteiger partial charge in [-0.3, -0.25) is 10.4 Å². The summed E-state index contributed by atoms with van der Waals surface area (Å²) in [6.07, 6.45) is 1.20. The number of rotatable bonds is 5. The van der Waals surface area contributed by atoms with Gasteiger partial charge >= 0.3 is 6.09 Å². The Morgan fingerprint density at radius 2 is 2.04 bits per heavy atom. The van der Waals surface area contributed by atoms with Crippen molar-refractivity contribution in [3.05, 3.63) is 46.6 Å². The highest BCUT2D eigenvalue weighted by Crippen LogP contribution is 2.20. The van der Waals surface area contributed by atoms with Crippen molar-refractivity contribution < 1.29 is 9.53 Å². The second-order valence-electron chi connectivity index (χ2n) is 7.36. The van der Waals surface area contributed by atoms with Crippen LogP contribution in [0.5, 0.6) is 0 Å². The number of nitrogens with zero attached hydrogens (tertiary/aromatic N) is 1. The molecule has 1 aromatic carbocycles. The third-order valence-corrected chi connectivity index (χ3v) is 3.83. The number of nitrogens with one attached hydrogen (secondary N) is 3. The maximum Gasteiger partial charge on any atom is 0.413 e. The minimum atomic E-state index is -0.542. The molecule has 0 aliphatic heterocycles. The van der Waals surface area contributed by atoms with Crippen LogP contribution < -0.4 is 10.6 Å². The van der Waals surface area contributed by atoms with Crippen LogP contribution in [0.2, 0.25) is 0 Å².